The van der Waals surface area contributed by atoms with Crippen LogP contribution >= 0.6 is 11.8 Å². The molecule has 2 atom stereocenters. The van der Waals surface area contributed by atoms with Crippen LogP contribution < -0.4 is 10.6 Å². The Bertz CT molecular complexity index is 303. The summed E-state index contributed by atoms with van der Waals surface area (Å²) >= 11 is 1.76. The van der Waals surface area contributed by atoms with Crippen molar-refractivity contribution in [3.05, 3.63) is 0 Å². The summed E-state index contributed by atoms with van der Waals surface area (Å²) in [4.78, 5) is 23.2. The van der Waals surface area contributed by atoms with Crippen LogP contribution in [0.3, 0.4) is 0 Å². The van der Waals surface area contributed by atoms with E-state index in [4.69, 9.17) is 4.74 Å². The van der Waals surface area contributed by atoms with Crippen molar-refractivity contribution in [2.24, 2.45) is 0 Å². The van der Waals surface area contributed by atoms with E-state index in [1.807, 2.05) is 6.26 Å². The zero-order valence-corrected chi connectivity index (χ0v) is 13.5. The molecule has 0 saturated carbocycles. The second-order valence-electron chi connectivity index (χ2n) is 5.49. The van der Waals surface area contributed by atoms with Gasteiger partial charge in [0.2, 0.25) is 5.91 Å². The van der Waals surface area contributed by atoms with Crippen LogP contribution in [0.25, 0.3) is 0 Å². The molecule has 0 aromatic carbocycles. The summed E-state index contributed by atoms with van der Waals surface area (Å²) in [6.07, 6.45) is 2.37. The maximum absolute atomic E-state index is 11.7. The monoisotopic (exact) mass is 290 g/mol. The van der Waals surface area contributed by atoms with Gasteiger partial charge in [-0.2, -0.15) is 11.8 Å². The van der Waals surface area contributed by atoms with Gasteiger partial charge in [-0.1, -0.05) is 6.92 Å². The van der Waals surface area contributed by atoms with E-state index in [0.29, 0.717) is 11.8 Å². The Morgan fingerprint density at radius 1 is 1.26 bits per heavy atom. The molecular formula is C13H26N2O3S. The first kappa shape index (κ1) is 18.1. The number of hydrogen-bond donors (Lipinski definition) is 2. The van der Waals surface area contributed by atoms with Crippen LogP contribution in [0.5, 0.6) is 0 Å². The predicted molar refractivity (Wildman–Crippen MR) is 79.4 cm³/mol. The Morgan fingerprint density at radius 2 is 1.84 bits per heavy atom. The highest BCUT2D eigenvalue weighted by Crippen LogP contribution is 2.08. The van der Waals surface area contributed by atoms with Gasteiger partial charge < -0.3 is 15.4 Å². The van der Waals surface area contributed by atoms with Crippen molar-refractivity contribution in [3.8, 4) is 0 Å². The van der Waals surface area contributed by atoms with Gasteiger partial charge in [0.15, 0.2) is 0 Å². The second-order valence-corrected chi connectivity index (χ2v) is 6.77. The first-order valence-corrected chi connectivity index (χ1v) is 7.74. The van der Waals surface area contributed by atoms with E-state index >= 15 is 0 Å². The van der Waals surface area contributed by atoms with Crippen molar-refractivity contribution in [1.82, 2.24) is 10.6 Å². The van der Waals surface area contributed by atoms with E-state index in [1.54, 1.807) is 39.5 Å². The fourth-order valence-corrected chi connectivity index (χ4v) is 1.57. The maximum Gasteiger partial charge on any atom is 0.408 e. The number of hydrogen-bond acceptors (Lipinski definition) is 4. The molecule has 0 heterocycles. The summed E-state index contributed by atoms with van der Waals surface area (Å²) in [6.45, 7) is 9.70. The summed E-state index contributed by atoms with van der Waals surface area (Å²) in [5, 5.41) is 5.81. The number of carbonyl (C=O) groups excluding carboxylic acids is 2. The number of thioether (sulfide) groups is 1. The molecule has 2 N–H and O–H groups in total. The Morgan fingerprint density at radius 3 is 2.32 bits per heavy atom. The van der Waals surface area contributed by atoms with E-state index in [-0.39, 0.29) is 5.91 Å². The molecule has 0 rings (SSSR count). The van der Waals surface area contributed by atoms with Crippen molar-refractivity contribution in [3.63, 3.8) is 0 Å². The molecular weight excluding hydrogens is 264 g/mol. The number of ether oxygens (including phenoxy) is 1. The summed E-state index contributed by atoms with van der Waals surface area (Å²) in [5.74, 6) is -0.195. The SMILES string of the molecule is CSC(C)CCNC(=O)C(C)NC(=O)OC(C)(C)C. The molecule has 5 nitrogen and oxygen atoms in total. The van der Waals surface area contributed by atoms with Crippen LogP contribution in [0.2, 0.25) is 0 Å². The summed E-state index contributed by atoms with van der Waals surface area (Å²) in [6, 6.07) is -0.598. The standard InChI is InChI=1S/C13H26N2O3S/c1-9(19-6)7-8-14-11(16)10(2)15-12(17)18-13(3,4)5/h9-10H,7-8H2,1-6H3,(H,14,16)(H,15,17). The maximum atomic E-state index is 11.7. The normalized spacial score (nSPS) is 14.4. The molecule has 0 aromatic heterocycles. The first-order chi connectivity index (χ1) is 8.65. The van der Waals surface area contributed by atoms with Crippen LogP contribution in [0.15, 0.2) is 0 Å². The zero-order chi connectivity index (χ0) is 15.1. The topological polar surface area (TPSA) is 67.4 Å². The third kappa shape index (κ3) is 9.64. The average Bonchev–Trinajstić information content (AvgIpc) is 2.25. The summed E-state index contributed by atoms with van der Waals surface area (Å²) < 4.78 is 5.09. The number of alkyl carbamates (subject to hydrolysis) is 1. The molecule has 19 heavy (non-hydrogen) atoms. The van der Waals surface area contributed by atoms with E-state index in [1.165, 1.54) is 0 Å². The Labute approximate surface area is 120 Å². The van der Waals surface area contributed by atoms with Gasteiger partial charge >= 0.3 is 6.09 Å². The van der Waals surface area contributed by atoms with E-state index in [9.17, 15) is 9.59 Å². The fourth-order valence-electron chi connectivity index (χ4n) is 1.22. The number of carbonyl (C=O) groups is 2. The van der Waals surface area contributed by atoms with Gasteiger partial charge in [-0.3, -0.25) is 4.79 Å². The van der Waals surface area contributed by atoms with Gasteiger partial charge in [0.05, 0.1) is 0 Å². The molecule has 0 aliphatic rings. The molecule has 0 aliphatic heterocycles. The highest BCUT2D eigenvalue weighted by molar-refractivity contribution is 7.99. The Kier molecular flexibility index (Phi) is 7.90. The van der Waals surface area contributed by atoms with Crippen molar-refractivity contribution in [2.45, 2.75) is 57.9 Å². The molecule has 2 amide bonds. The first-order valence-electron chi connectivity index (χ1n) is 6.45. The molecule has 112 valence electrons. The van der Waals surface area contributed by atoms with Gasteiger partial charge in [0, 0.05) is 11.8 Å². The van der Waals surface area contributed by atoms with Crippen LogP contribution in [0, 0.1) is 0 Å². The van der Waals surface area contributed by atoms with Crippen LogP contribution in [-0.4, -0.2) is 41.7 Å². The molecule has 0 radical (unpaired) electrons. The van der Waals surface area contributed by atoms with Gasteiger partial charge in [-0.05, 0) is 40.4 Å². The molecule has 2 unspecified atom stereocenters. The predicted octanol–water partition coefficient (Wildman–Crippen LogP) is 2.16. The second kappa shape index (κ2) is 8.30. The fraction of sp³-hybridized carbons (Fsp3) is 0.846. The molecule has 0 aliphatic carbocycles. The van der Waals surface area contributed by atoms with Crippen molar-refractivity contribution >= 4 is 23.8 Å². The number of rotatable bonds is 6. The van der Waals surface area contributed by atoms with E-state index in [0.717, 1.165) is 6.42 Å². The molecule has 0 spiro atoms. The van der Waals surface area contributed by atoms with Crippen LogP contribution in [0.4, 0.5) is 4.79 Å². The lowest BCUT2D eigenvalue weighted by atomic mass is 10.2. The lowest BCUT2D eigenvalue weighted by Gasteiger charge is -2.21. The minimum Gasteiger partial charge on any atom is -0.444 e. The van der Waals surface area contributed by atoms with Gasteiger partial charge in [-0.15, -0.1) is 0 Å². The molecule has 0 fully saturated rings. The number of nitrogens with one attached hydrogen (secondary N) is 2. The highest BCUT2D eigenvalue weighted by atomic mass is 32.2. The Balaban J connectivity index is 3.97. The van der Waals surface area contributed by atoms with E-state index in [2.05, 4.69) is 17.6 Å². The van der Waals surface area contributed by atoms with Crippen LogP contribution in [-0.2, 0) is 9.53 Å². The van der Waals surface area contributed by atoms with Gasteiger partial charge in [0.1, 0.15) is 11.6 Å². The van der Waals surface area contributed by atoms with Crippen molar-refractivity contribution < 1.29 is 14.3 Å². The van der Waals surface area contributed by atoms with Gasteiger partial charge in [-0.25, -0.2) is 4.79 Å². The van der Waals surface area contributed by atoms with Crippen LogP contribution in [0.1, 0.15) is 41.0 Å². The van der Waals surface area contributed by atoms with Gasteiger partial charge in [0.25, 0.3) is 0 Å². The van der Waals surface area contributed by atoms with E-state index < -0.39 is 17.7 Å². The third-order valence-electron chi connectivity index (χ3n) is 2.38. The lowest BCUT2D eigenvalue weighted by molar-refractivity contribution is -0.122. The molecule has 6 heteroatoms. The minimum absolute atomic E-state index is 0.195. The smallest absolute Gasteiger partial charge is 0.408 e. The zero-order valence-electron chi connectivity index (χ0n) is 12.7. The van der Waals surface area contributed by atoms with Crippen molar-refractivity contribution in [1.29, 1.82) is 0 Å². The summed E-state index contributed by atoms with van der Waals surface area (Å²) in [5.41, 5.74) is -0.561. The summed E-state index contributed by atoms with van der Waals surface area (Å²) in [7, 11) is 0. The highest BCUT2D eigenvalue weighted by Gasteiger charge is 2.20. The Hall–Kier alpha value is -0.910. The number of amides is 2. The molecule has 0 saturated heterocycles. The quantitative estimate of drug-likeness (QED) is 0.786. The largest absolute Gasteiger partial charge is 0.444 e. The molecule has 0 aromatic rings. The lowest BCUT2D eigenvalue weighted by Crippen LogP contribution is -2.46. The third-order valence-corrected chi connectivity index (χ3v) is 3.42. The van der Waals surface area contributed by atoms with Crippen molar-refractivity contribution in [2.75, 3.05) is 12.8 Å². The average molecular weight is 290 g/mol. The minimum atomic E-state index is -0.598. The molecule has 0 bridgehead atoms.